The topological polar surface area (TPSA) is 57.1 Å². The van der Waals surface area contributed by atoms with E-state index in [9.17, 15) is 4.79 Å². The van der Waals surface area contributed by atoms with Gasteiger partial charge in [0.05, 0.1) is 17.7 Å². The molecule has 0 aliphatic carbocycles. The van der Waals surface area contributed by atoms with Gasteiger partial charge in [0.15, 0.2) is 17.2 Å². The maximum Gasteiger partial charge on any atom is 0.363 e. The summed E-state index contributed by atoms with van der Waals surface area (Å²) in [4.78, 5) is 16.6. The summed E-state index contributed by atoms with van der Waals surface area (Å²) in [5, 5.41) is 0. The van der Waals surface area contributed by atoms with Crippen LogP contribution in [-0.2, 0) is 9.53 Å². The van der Waals surface area contributed by atoms with Crippen molar-refractivity contribution in [1.29, 1.82) is 0 Å². The van der Waals surface area contributed by atoms with Gasteiger partial charge in [0.1, 0.15) is 0 Å². The number of nitrogens with zero attached hydrogens (tertiary/aromatic N) is 1. The Morgan fingerprint density at radius 1 is 1.14 bits per heavy atom. The number of rotatable bonds is 7. The lowest BCUT2D eigenvalue weighted by Gasteiger charge is -2.14. The van der Waals surface area contributed by atoms with Crippen LogP contribution in [0.5, 0.6) is 11.5 Å². The first-order chi connectivity index (χ1) is 13.5. The van der Waals surface area contributed by atoms with Gasteiger partial charge in [-0.1, -0.05) is 24.6 Å². The zero-order valence-electron chi connectivity index (χ0n) is 16.1. The van der Waals surface area contributed by atoms with Crippen molar-refractivity contribution in [3.63, 3.8) is 0 Å². The van der Waals surface area contributed by atoms with Gasteiger partial charge in [-0.3, -0.25) is 0 Å². The van der Waals surface area contributed by atoms with Crippen LogP contribution < -0.4 is 9.47 Å². The molecule has 2 aromatic rings. The third-order valence-electron chi connectivity index (χ3n) is 4.00. The molecule has 0 amide bonds. The molecule has 0 unspecified atom stereocenters. The Kier molecular flexibility index (Phi) is 6.52. The van der Waals surface area contributed by atoms with Crippen molar-refractivity contribution in [3.05, 3.63) is 63.3 Å². The molecule has 2 aromatic carbocycles. The van der Waals surface area contributed by atoms with Gasteiger partial charge < -0.3 is 14.2 Å². The Labute approximate surface area is 173 Å². The highest BCUT2D eigenvalue weighted by atomic mass is 79.9. The van der Waals surface area contributed by atoms with Gasteiger partial charge in [-0.2, -0.15) is 0 Å². The number of aryl methyl sites for hydroxylation is 1. The number of cyclic esters (lactones) is 1. The second-order valence-electron chi connectivity index (χ2n) is 6.31. The molecule has 0 saturated carbocycles. The Morgan fingerprint density at radius 2 is 1.89 bits per heavy atom. The van der Waals surface area contributed by atoms with Crippen LogP contribution in [0, 0.1) is 6.92 Å². The van der Waals surface area contributed by atoms with Gasteiger partial charge in [-0.25, -0.2) is 9.79 Å². The largest absolute Gasteiger partial charge is 0.490 e. The fraction of sp³-hybridized carbons (Fsp3) is 0.273. The van der Waals surface area contributed by atoms with E-state index in [0.29, 0.717) is 30.6 Å². The molecular formula is C22H22BrNO4. The molecule has 1 aliphatic rings. The van der Waals surface area contributed by atoms with Gasteiger partial charge in [-0.15, -0.1) is 0 Å². The van der Waals surface area contributed by atoms with Crippen molar-refractivity contribution >= 4 is 33.9 Å². The van der Waals surface area contributed by atoms with Crippen molar-refractivity contribution in [3.8, 4) is 11.5 Å². The molecule has 1 heterocycles. The fourth-order valence-corrected chi connectivity index (χ4v) is 3.24. The summed E-state index contributed by atoms with van der Waals surface area (Å²) in [7, 11) is 0. The summed E-state index contributed by atoms with van der Waals surface area (Å²) in [5.41, 5.74) is 2.90. The quantitative estimate of drug-likeness (QED) is 0.430. The summed E-state index contributed by atoms with van der Waals surface area (Å²) in [6.45, 7) is 7.05. The molecule has 0 radical (unpaired) electrons. The molecular weight excluding hydrogens is 422 g/mol. The number of hydrogen-bond donors (Lipinski definition) is 0. The fourth-order valence-electron chi connectivity index (χ4n) is 2.67. The number of halogens is 1. The Bertz CT molecular complexity index is 932. The zero-order valence-corrected chi connectivity index (χ0v) is 17.7. The maximum atomic E-state index is 12.3. The number of esters is 1. The Hall–Kier alpha value is -2.60. The van der Waals surface area contributed by atoms with Gasteiger partial charge >= 0.3 is 5.97 Å². The summed E-state index contributed by atoms with van der Waals surface area (Å²) in [6.07, 6.45) is 2.58. The molecule has 28 heavy (non-hydrogen) atoms. The first-order valence-corrected chi connectivity index (χ1v) is 9.99. The van der Waals surface area contributed by atoms with Crippen molar-refractivity contribution in [2.24, 2.45) is 4.99 Å². The van der Waals surface area contributed by atoms with Gasteiger partial charge in [-0.05, 0) is 72.1 Å². The lowest BCUT2D eigenvalue weighted by molar-refractivity contribution is -0.129. The lowest BCUT2D eigenvalue weighted by atomic mass is 10.1. The minimum atomic E-state index is -0.476. The number of ether oxygens (including phenoxy) is 3. The standard InChI is InChI=1S/C22H22BrNO4/c1-4-10-27-20-17(23)11-15(13-19(20)26-5-2)12-18-22(25)28-21(24-18)16-8-6-14(3)7-9-16/h6-9,11-13H,4-5,10H2,1-3H3/b18-12-. The van der Waals surface area contributed by atoms with Crippen molar-refractivity contribution in [2.75, 3.05) is 13.2 Å². The number of carbonyl (C=O) groups excluding carboxylic acids is 1. The average Bonchev–Trinajstić information content (AvgIpc) is 3.02. The SMILES string of the molecule is CCCOc1c(Br)cc(/C=C2\N=C(c3ccc(C)cc3)OC2=O)cc1OCC. The maximum absolute atomic E-state index is 12.3. The molecule has 0 bridgehead atoms. The third kappa shape index (κ3) is 4.62. The van der Waals surface area contributed by atoms with E-state index in [1.54, 1.807) is 6.08 Å². The van der Waals surface area contributed by atoms with E-state index in [4.69, 9.17) is 14.2 Å². The molecule has 3 rings (SSSR count). The minimum absolute atomic E-state index is 0.243. The summed E-state index contributed by atoms with van der Waals surface area (Å²) in [6, 6.07) is 11.4. The molecule has 1 aliphatic heterocycles. The molecule has 0 aromatic heterocycles. The van der Waals surface area contributed by atoms with Crippen molar-refractivity contribution in [1.82, 2.24) is 0 Å². The Balaban J connectivity index is 1.93. The van der Waals surface area contributed by atoms with Gasteiger partial charge in [0.2, 0.25) is 5.90 Å². The first-order valence-electron chi connectivity index (χ1n) is 9.20. The minimum Gasteiger partial charge on any atom is -0.490 e. The molecule has 0 N–H and O–H groups in total. The predicted octanol–water partition coefficient (Wildman–Crippen LogP) is 5.29. The number of hydrogen-bond acceptors (Lipinski definition) is 5. The van der Waals surface area contributed by atoms with Gasteiger partial charge in [0.25, 0.3) is 0 Å². The van der Waals surface area contributed by atoms with Crippen LogP contribution in [0.15, 0.2) is 51.6 Å². The van der Waals surface area contributed by atoms with E-state index < -0.39 is 5.97 Å². The highest BCUT2D eigenvalue weighted by Gasteiger charge is 2.24. The molecule has 0 fully saturated rings. The average molecular weight is 444 g/mol. The van der Waals surface area contributed by atoms with E-state index in [1.165, 1.54) is 0 Å². The molecule has 0 saturated heterocycles. The number of carbonyl (C=O) groups is 1. The number of benzene rings is 2. The molecule has 146 valence electrons. The first kappa shape index (κ1) is 20.1. The smallest absolute Gasteiger partial charge is 0.363 e. The summed E-state index contributed by atoms with van der Waals surface area (Å²) >= 11 is 3.53. The van der Waals surface area contributed by atoms with Crippen molar-refractivity contribution < 1.29 is 19.0 Å². The summed E-state index contributed by atoms with van der Waals surface area (Å²) in [5.74, 6) is 1.11. The van der Waals surface area contributed by atoms with Crippen LogP contribution in [0.3, 0.4) is 0 Å². The van der Waals surface area contributed by atoms with E-state index in [1.807, 2.05) is 57.2 Å². The monoisotopic (exact) mass is 443 g/mol. The molecule has 5 nitrogen and oxygen atoms in total. The highest BCUT2D eigenvalue weighted by Crippen LogP contribution is 2.38. The van der Waals surface area contributed by atoms with E-state index in [2.05, 4.69) is 20.9 Å². The zero-order chi connectivity index (χ0) is 20.1. The predicted molar refractivity (Wildman–Crippen MR) is 113 cm³/mol. The molecule has 0 spiro atoms. The van der Waals surface area contributed by atoms with E-state index in [0.717, 1.165) is 27.6 Å². The van der Waals surface area contributed by atoms with Gasteiger partial charge in [0, 0.05) is 5.56 Å². The van der Waals surface area contributed by atoms with E-state index >= 15 is 0 Å². The van der Waals surface area contributed by atoms with Crippen LogP contribution >= 0.6 is 15.9 Å². The molecule has 6 heteroatoms. The van der Waals surface area contributed by atoms with Crippen LogP contribution in [-0.4, -0.2) is 25.1 Å². The van der Waals surface area contributed by atoms with E-state index in [-0.39, 0.29) is 5.70 Å². The third-order valence-corrected chi connectivity index (χ3v) is 4.59. The second kappa shape index (κ2) is 9.06. The molecule has 0 atom stereocenters. The van der Waals surface area contributed by atoms with Crippen molar-refractivity contribution in [2.45, 2.75) is 27.2 Å². The lowest BCUT2D eigenvalue weighted by Crippen LogP contribution is -2.05. The number of aliphatic imine (C=N–C) groups is 1. The van der Waals surface area contributed by atoms with Crippen LogP contribution in [0.4, 0.5) is 0 Å². The van der Waals surface area contributed by atoms with Crippen LogP contribution in [0.2, 0.25) is 0 Å². The van der Waals surface area contributed by atoms with Crippen LogP contribution in [0.25, 0.3) is 6.08 Å². The normalized spacial score (nSPS) is 14.8. The van der Waals surface area contributed by atoms with Crippen LogP contribution in [0.1, 0.15) is 37.0 Å². The summed E-state index contributed by atoms with van der Waals surface area (Å²) < 4.78 is 17.6. The highest BCUT2D eigenvalue weighted by molar-refractivity contribution is 9.10. The Morgan fingerprint density at radius 3 is 2.57 bits per heavy atom. The second-order valence-corrected chi connectivity index (χ2v) is 7.17.